The first kappa shape index (κ1) is 14.2. The molecular formula is C18H25N3. The Morgan fingerprint density at radius 3 is 2.71 bits per heavy atom. The first-order valence-electron chi connectivity index (χ1n) is 8.12. The molecule has 3 heteroatoms. The van der Waals surface area contributed by atoms with Gasteiger partial charge in [-0.3, -0.25) is 4.68 Å². The van der Waals surface area contributed by atoms with Gasteiger partial charge in [0.1, 0.15) is 0 Å². The molecule has 0 amide bonds. The largest absolute Gasteiger partial charge is 0.379 e. The molecule has 3 nitrogen and oxygen atoms in total. The molecule has 1 heterocycles. The Kier molecular flexibility index (Phi) is 4.28. The Morgan fingerprint density at radius 2 is 1.95 bits per heavy atom. The van der Waals surface area contributed by atoms with Crippen LogP contribution in [0.25, 0.3) is 0 Å². The summed E-state index contributed by atoms with van der Waals surface area (Å²) in [6, 6.07) is 11.5. The predicted molar refractivity (Wildman–Crippen MR) is 87.6 cm³/mol. The van der Waals surface area contributed by atoms with Gasteiger partial charge in [-0.1, -0.05) is 50.1 Å². The van der Waals surface area contributed by atoms with Crippen molar-refractivity contribution in [1.82, 2.24) is 9.78 Å². The highest BCUT2D eigenvalue weighted by atomic mass is 15.3. The first-order valence-corrected chi connectivity index (χ1v) is 8.12. The number of aromatic nitrogens is 2. The van der Waals surface area contributed by atoms with Crippen molar-refractivity contribution in [2.75, 3.05) is 5.32 Å². The van der Waals surface area contributed by atoms with Crippen molar-refractivity contribution in [2.45, 2.75) is 51.0 Å². The molecule has 1 N–H and O–H groups in total. The van der Waals surface area contributed by atoms with Crippen LogP contribution >= 0.6 is 0 Å². The molecule has 1 fully saturated rings. The van der Waals surface area contributed by atoms with Crippen molar-refractivity contribution in [3.05, 3.63) is 47.8 Å². The van der Waals surface area contributed by atoms with Crippen LogP contribution in [0.15, 0.2) is 36.5 Å². The van der Waals surface area contributed by atoms with Gasteiger partial charge in [0.05, 0.1) is 11.4 Å². The molecule has 1 aromatic carbocycles. The minimum absolute atomic E-state index is 0.524. The van der Waals surface area contributed by atoms with Crippen molar-refractivity contribution in [2.24, 2.45) is 7.05 Å². The molecule has 1 aliphatic rings. The number of nitrogens with one attached hydrogen (secondary N) is 1. The van der Waals surface area contributed by atoms with E-state index in [1.165, 1.54) is 42.6 Å². The van der Waals surface area contributed by atoms with Gasteiger partial charge in [-0.05, 0) is 24.8 Å². The fourth-order valence-corrected chi connectivity index (χ4v) is 3.52. The maximum absolute atomic E-state index is 4.55. The molecule has 0 saturated heterocycles. The van der Waals surface area contributed by atoms with E-state index >= 15 is 0 Å². The number of rotatable bonds is 4. The van der Waals surface area contributed by atoms with E-state index in [1.807, 2.05) is 11.7 Å². The normalized spacial score (nSPS) is 22.2. The van der Waals surface area contributed by atoms with Gasteiger partial charge in [-0.25, -0.2) is 0 Å². The van der Waals surface area contributed by atoms with Crippen LogP contribution in [0.4, 0.5) is 5.69 Å². The average molecular weight is 283 g/mol. The van der Waals surface area contributed by atoms with E-state index in [-0.39, 0.29) is 0 Å². The fraction of sp³-hybridized carbons (Fsp3) is 0.500. The van der Waals surface area contributed by atoms with Crippen LogP contribution in [-0.2, 0) is 13.5 Å². The fourth-order valence-electron chi connectivity index (χ4n) is 3.52. The number of hydrogen-bond donors (Lipinski definition) is 1. The third-order valence-electron chi connectivity index (χ3n) is 4.57. The van der Waals surface area contributed by atoms with Gasteiger partial charge in [0.2, 0.25) is 0 Å². The van der Waals surface area contributed by atoms with Crippen LogP contribution in [0.3, 0.4) is 0 Å². The van der Waals surface area contributed by atoms with E-state index in [2.05, 4.69) is 53.9 Å². The lowest BCUT2D eigenvalue weighted by Crippen LogP contribution is -2.30. The van der Waals surface area contributed by atoms with E-state index in [4.69, 9.17) is 0 Å². The summed E-state index contributed by atoms with van der Waals surface area (Å²) in [6.45, 7) is 2.17. The van der Waals surface area contributed by atoms with Gasteiger partial charge < -0.3 is 5.32 Å². The molecule has 1 saturated carbocycles. The summed E-state index contributed by atoms with van der Waals surface area (Å²) in [5, 5.41) is 8.33. The van der Waals surface area contributed by atoms with Crippen LogP contribution in [0, 0.1) is 0 Å². The SMILES string of the molecule is CCc1nn(C)cc1NC1CCCCC1c1ccccc1. The molecule has 3 rings (SSSR count). The molecule has 1 aromatic heterocycles. The number of hydrogen-bond acceptors (Lipinski definition) is 2. The smallest absolute Gasteiger partial charge is 0.0853 e. The lowest BCUT2D eigenvalue weighted by atomic mass is 9.80. The molecule has 0 bridgehead atoms. The van der Waals surface area contributed by atoms with Crippen molar-refractivity contribution in [1.29, 1.82) is 0 Å². The predicted octanol–water partition coefficient (Wildman–Crippen LogP) is 4.12. The average Bonchev–Trinajstić information content (AvgIpc) is 2.88. The van der Waals surface area contributed by atoms with E-state index < -0.39 is 0 Å². The summed E-state index contributed by atoms with van der Waals surface area (Å²) < 4.78 is 1.92. The van der Waals surface area contributed by atoms with Crippen molar-refractivity contribution < 1.29 is 0 Å². The maximum atomic E-state index is 4.55. The third kappa shape index (κ3) is 3.12. The van der Waals surface area contributed by atoms with Crippen LogP contribution in [-0.4, -0.2) is 15.8 Å². The van der Waals surface area contributed by atoms with Crippen molar-refractivity contribution in [3.63, 3.8) is 0 Å². The summed E-state index contributed by atoms with van der Waals surface area (Å²) in [4.78, 5) is 0. The molecule has 112 valence electrons. The number of anilines is 1. The Balaban J connectivity index is 1.81. The van der Waals surface area contributed by atoms with Gasteiger partial charge in [-0.2, -0.15) is 5.10 Å². The van der Waals surface area contributed by atoms with Gasteiger partial charge in [0, 0.05) is 25.2 Å². The summed E-state index contributed by atoms with van der Waals surface area (Å²) in [5.74, 6) is 0.616. The second-order valence-corrected chi connectivity index (χ2v) is 6.07. The summed E-state index contributed by atoms with van der Waals surface area (Å²) in [7, 11) is 2.00. The molecule has 21 heavy (non-hydrogen) atoms. The zero-order valence-electron chi connectivity index (χ0n) is 13.0. The minimum Gasteiger partial charge on any atom is -0.379 e. The zero-order chi connectivity index (χ0) is 14.7. The van der Waals surface area contributed by atoms with E-state index in [9.17, 15) is 0 Å². The van der Waals surface area contributed by atoms with Crippen LogP contribution in [0.5, 0.6) is 0 Å². The van der Waals surface area contributed by atoms with Crippen LogP contribution in [0.1, 0.15) is 49.8 Å². The molecular weight excluding hydrogens is 258 g/mol. The van der Waals surface area contributed by atoms with Crippen LogP contribution < -0.4 is 5.32 Å². The third-order valence-corrected chi connectivity index (χ3v) is 4.57. The second kappa shape index (κ2) is 6.33. The second-order valence-electron chi connectivity index (χ2n) is 6.07. The zero-order valence-corrected chi connectivity index (χ0v) is 13.0. The minimum atomic E-state index is 0.524. The highest BCUT2D eigenvalue weighted by molar-refractivity contribution is 5.48. The quantitative estimate of drug-likeness (QED) is 0.914. The summed E-state index contributed by atoms with van der Waals surface area (Å²) in [6.07, 6.45) is 8.29. The lowest BCUT2D eigenvalue weighted by molar-refractivity contribution is 0.405. The van der Waals surface area contributed by atoms with Crippen molar-refractivity contribution in [3.8, 4) is 0 Å². The van der Waals surface area contributed by atoms with Crippen molar-refractivity contribution >= 4 is 5.69 Å². The standard InChI is InChI=1S/C18H25N3/c1-3-16-18(13-21(2)20-16)19-17-12-8-7-11-15(17)14-9-5-4-6-10-14/h4-6,9-10,13,15,17,19H,3,7-8,11-12H2,1-2H3. The molecule has 2 unspecified atom stereocenters. The Labute approximate surface area is 127 Å². The van der Waals surface area contributed by atoms with E-state index in [0.717, 1.165) is 6.42 Å². The summed E-state index contributed by atoms with van der Waals surface area (Å²) in [5.41, 5.74) is 3.86. The highest BCUT2D eigenvalue weighted by Gasteiger charge is 2.27. The molecule has 2 atom stereocenters. The first-order chi connectivity index (χ1) is 10.3. The number of aryl methyl sites for hydroxylation is 2. The number of nitrogens with zero attached hydrogens (tertiary/aromatic N) is 2. The molecule has 0 radical (unpaired) electrons. The van der Waals surface area contributed by atoms with Gasteiger partial charge in [-0.15, -0.1) is 0 Å². The topological polar surface area (TPSA) is 29.9 Å². The highest BCUT2D eigenvalue weighted by Crippen LogP contribution is 2.35. The van der Waals surface area contributed by atoms with Crippen LogP contribution in [0.2, 0.25) is 0 Å². The van der Waals surface area contributed by atoms with Gasteiger partial charge >= 0.3 is 0 Å². The van der Waals surface area contributed by atoms with E-state index in [0.29, 0.717) is 12.0 Å². The molecule has 0 spiro atoms. The maximum Gasteiger partial charge on any atom is 0.0853 e. The Hall–Kier alpha value is -1.77. The van der Waals surface area contributed by atoms with E-state index in [1.54, 1.807) is 0 Å². The number of benzene rings is 1. The lowest BCUT2D eigenvalue weighted by Gasteiger charge is -2.33. The monoisotopic (exact) mass is 283 g/mol. The molecule has 1 aliphatic carbocycles. The molecule has 0 aliphatic heterocycles. The summed E-state index contributed by atoms with van der Waals surface area (Å²) >= 11 is 0. The van der Waals surface area contributed by atoms with Gasteiger partial charge in [0.25, 0.3) is 0 Å². The molecule has 2 aromatic rings. The Morgan fingerprint density at radius 1 is 1.19 bits per heavy atom. The Bertz CT molecular complexity index is 573. The van der Waals surface area contributed by atoms with Gasteiger partial charge in [0.15, 0.2) is 0 Å².